The summed E-state index contributed by atoms with van der Waals surface area (Å²) in [6.07, 6.45) is 4.98. The summed E-state index contributed by atoms with van der Waals surface area (Å²) in [5.74, 6) is 0. The van der Waals surface area contributed by atoms with Crippen molar-refractivity contribution >= 4 is 22.5 Å². The molecule has 2 aromatic heterocycles. The lowest BCUT2D eigenvalue weighted by molar-refractivity contribution is 0.715. The van der Waals surface area contributed by atoms with Gasteiger partial charge in [0, 0.05) is 29.9 Å². The van der Waals surface area contributed by atoms with Crippen molar-refractivity contribution in [2.75, 3.05) is 6.54 Å². The van der Waals surface area contributed by atoms with Gasteiger partial charge in [-0.2, -0.15) is 5.10 Å². The van der Waals surface area contributed by atoms with E-state index in [4.69, 9.17) is 17.3 Å². The number of fused-ring (bicyclic) bond motifs is 1. The molecule has 0 aliphatic carbocycles. The normalized spacial score (nSPS) is 11.3. The van der Waals surface area contributed by atoms with E-state index < -0.39 is 0 Å². The number of halogens is 1. The highest BCUT2D eigenvalue weighted by molar-refractivity contribution is 6.31. The quantitative estimate of drug-likeness (QED) is 0.802. The Kier molecular flexibility index (Phi) is 3.51. The second kappa shape index (κ2) is 5.31. The lowest BCUT2D eigenvalue weighted by Crippen LogP contribution is -2.02. The monoisotopic (exact) mass is 288 g/mol. The van der Waals surface area contributed by atoms with Crippen LogP contribution in [0, 0.1) is 0 Å². The lowest BCUT2D eigenvalue weighted by atomic mass is 10.1. The fourth-order valence-electron chi connectivity index (χ4n) is 2.55. The van der Waals surface area contributed by atoms with Crippen LogP contribution in [0.25, 0.3) is 10.9 Å². The van der Waals surface area contributed by atoms with Crippen LogP contribution >= 0.6 is 11.6 Å². The van der Waals surface area contributed by atoms with Gasteiger partial charge in [0.05, 0.1) is 17.8 Å². The van der Waals surface area contributed by atoms with Crippen LogP contribution in [0.2, 0.25) is 5.02 Å². The molecule has 5 heteroatoms. The summed E-state index contributed by atoms with van der Waals surface area (Å²) in [7, 11) is 1.92. The Morgan fingerprint density at radius 3 is 2.85 bits per heavy atom. The van der Waals surface area contributed by atoms with Gasteiger partial charge < -0.3 is 10.3 Å². The van der Waals surface area contributed by atoms with Crippen LogP contribution in [0.4, 0.5) is 0 Å². The zero-order valence-electron chi connectivity index (χ0n) is 11.4. The molecule has 3 aromatic rings. The first-order chi connectivity index (χ1) is 9.67. The molecular weight excluding hydrogens is 272 g/mol. The maximum Gasteiger partial charge on any atom is 0.0821 e. The van der Waals surface area contributed by atoms with Crippen LogP contribution in [-0.4, -0.2) is 20.9 Å². The molecule has 2 heterocycles. The van der Waals surface area contributed by atoms with Gasteiger partial charge in [-0.3, -0.25) is 4.68 Å². The number of hydrogen-bond donors (Lipinski definition) is 1. The number of rotatable bonds is 4. The summed E-state index contributed by atoms with van der Waals surface area (Å²) < 4.78 is 4.00. The average Bonchev–Trinajstić information content (AvgIpc) is 2.96. The summed E-state index contributed by atoms with van der Waals surface area (Å²) >= 11 is 6.13. The zero-order chi connectivity index (χ0) is 14.1. The highest BCUT2D eigenvalue weighted by Crippen LogP contribution is 2.25. The van der Waals surface area contributed by atoms with Crippen molar-refractivity contribution in [2.45, 2.75) is 13.0 Å². The Hall–Kier alpha value is -1.78. The van der Waals surface area contributed by atoms with E-state index in [-0.39, 0.29) is 0 Å². The molecule has 0 fully saturated rings. The van der Waals surface area contributed by atoms with E-state index in [0.717, 1.165) is 29.2 Å². The van der Waals surface area contributed by atoms with E-state index >= 15 is 0 Å². The molecule has 0 atom stereocenters. The van der Waals surface area contributed by atoms with E-state index in [1.54, 1.807) is 0 Å². The summed E-state index contributed by atoms with van der Waals surface area (Å²) in [5.41, 5.74) is 9.12. The Morgan fingerprint density at radius 2 is 2.15 bits per heavy atom. The van der Waals surface area contributed by atoms with E-state index in [2.05, 4.69) is 21.9 Å². The Balaban J connectivity index is 2.06. The highest BCUT2D eigenvalue weighted by atomic mass is 35.5. The molecule has 0 spiro atoms. The van der Waals surface area contributed by atoms with Gasteiger partial charge in [-0.1, -0.05) is 17.7 Å². The summed E-state index contributed by atoms with van der Waals surface area (Å²) in [6, 6.07) is 8.02. The molecule has 20 heavy (non-hydrogen) atoms. The minimum absolute atomic E-state index is 0.644. The number of nitrogens with zero attached hydrogens (tertiary/aromatic N) is 3. The van der Waals surface area contributed by atoms with Crippen LogP contribution in [0.5, 0.6) is 0 Å². The second-order valence-electron chi connectivity index (χ2n) is 4.96. The number of aromatic nitrogens is 3. The Labute approximate surface area is 122 Å². The predicted molar refractivity (Wildman–Crippen MR) is 82.0 cm³/mol. The van der Waals surface area contributed by atoms with Crippen molar-refractivity contribution in [2.24, 2.45) is 12.8 Å². The van der Waals surface area contributed by atoms with Crippen molar-refractivity contribution in [3.8, 4) is 0 Å². The SMILES string of the molecule is Cn1ccc(Cn2cc(CCN)c3ccc(Cl)cc32)n1. The third-order valence-corrected chi connectivity index (χ3v) is 3.68. The number of nitrogens with two attached hydrogens (primary N) is 1. The van der Waals surface area contributed by atoms with Gasteiger partial charge >= 0.3 is 0 Å². The van der Waals surface area contributed by atoms with Crippen molar-refractivity contribution in [3.63, 3.8) is 0 Å². The Bertz CT molecular complexity index is 741. The van der Waals surface area contributed by atoms with Gasteiger partial charge in [0.1, 0.15) is 0 Å². The molecule has 0 saturated heterocycles. The predicted octanol–water partition coefficient (Wildman–Crippen LogP) is 2.58. The zero-order valence-corrected chi connectivity index (χ0v) is 12.1. The molecular formula is C15H17ClN4. The van der Waals surface area contributed by atoms with Crippen LogP contribution in [0.1, 0.15) is 11.3 Å². The van der Waals surface area contributed by atoms with Crippen LogP contribution < -0.4 is 5.73 Å². The largest absolute Gasteiger partial charge is 0.341 e. The fourth-order valence-corrected chi connectivity index (χ4v) is 2.72. The fraction of sp³-hybridized carbons (Fsp3) is 0.267. The standard InChI is InChI=1S/C15H17ClN4/c1-19-7-5-13(18-19)10-20-9-11(4-6-17)14-3-2-12(16)8-15(14)20/h2-3,5,7-9H,4,6,10,17H2,1H3. The van der Waals surface area contributed by atoms with E-state index in [1.807, 2.05) is 36.1 Å². The smallest absolute Gasteiger partial charge is 0.0821 e. The molecule has 0 unspecified atom stereocenters. The van der Waals surface area contributed by atoms with Crippen molar-refractivity contribution in [1.29, 1.82) is 0 Å². The van der Waals surface area contributed by atoms with Gasteiger partial charge in [-0.25, -0.2) is 0 Å². The summed E-state index contributed by atoms with van der Waals surface area (Å²) in [5, 5.41) is 6.39. The molecule has 0 radical (unpaired) electrons. The number of hydrogen-bond acceptors (Lipinski definition) is 2. The lowest BCUT2D eigenvalue weighted by Gasteiger charge is -2.03. The van der Waals surface area contributed by atoms with Crippen LogP contribution in [0.3, 0.4) is 0 Å². The molecule has 1 aromatic carbocycles. The third kappa shape index (κ3) is 2.44. The molecule has 104 valence electrons. The molecule has 2 N–H and O–H groups in total. The molecule has 0 amide bonds. The first kappa shape index (κ1) is 13.2. The first-order valence-electron chi connectivity index (χ1n) is 6.63. The molecule has 0 bridgehead atoms. The van der Waals surface area contributed by atoms with E-state index in [9.17, 15) is 0 Å². The Morgan fingerprint density at radius 1 is 1.30 bits per heavy atom. The third-order valence-electron chi connectivity index (χ3n) is 3.44. The second-order valence-corrected chi connectivity index (χ2v) is 5.40. The van der Waals surface area contributed by atoms with Crippen LogP contribution in [0.15, 0.2) is 36.7 Å². The van der Waals surface area contributed by atoms with E-state index in [1.165, 1.54) is 10.9 Å². The summed E-state index contributed by atoms with van der Waals surface area (Å²) in [6.45, 7) is 1.38. The highest BCUT2D eigenvalue weighted by Gasteiger charge is 2.10. The first-order valence-corrected chi connectivity index (χ1v) is 7.01. The minimum atomic E-state index is 0.644. The minimum Gasteiger partial charge on any atom is -0.341 e. The molecule has 4 nitrogen and oxygen atoms in total. The topological polar surface area (TPSA) is 48.8 Å². The molecule has 0 aliphatic heterocycles. The van der Waals surface area contributed by atoms with Crippen molar-refractivity contribution in [1.82, 2.24) is 14.3 Å². The average molecular weight is 289 g/mol. The van der Waals surface area contributed by atoms with Gasteiger partial charge in [0.2, 0.25) is 0 Å². The van der Waals surface area contributed by atoms with Crippen molar-refractivity contribution < 1.29 is 0 Å². The maximum absolute atomic E-state index is 6.13. The number of aryl methyl sites for hydroxylation is 1. The molecule has 0 saturated carbocycles. The van der Waals surface area contributed by atoms with Gasteiger partial charge in [0.25, 0.3) is 0 Å². The number of benzene rings is 1. The maximum atomic E-state index is 6.13. The van der Waals surface area contributed by atoms with Crippen molar-refractivity contribution in [3.05, 3.63) is 52.9 Å². The van der Waals surface area contributed by atoms with E-state index in [0.29, 0.717) is 6.54 Å². The van der Waals surface area contributed by atoms with Crippen LogP contribution in [-0.2, 0) is 20.0 Å². The van der Waals surface area contributed by atoms with Gasteiger partial charge in [-0.15, -0.1) is 0 Å². The van der Waals surface area contributed by atoms with Gasteiger partial charge in [-0.05, 0) is 36.7 Å². The van der Waals surface area contributed by atoms with Gasteiger partial charge in [0.15, 0.2) is 0 Å². The molecule has 0 aliphatic rings. The summed E-state index contributed by atoms with van der Waals surface area (Å²) in [4.78, 5) is 0. The molecule has 3 rings (SSSR count).